The SMILES string of the molecule is CCCNC(=O)NCCC1CCCO1. The van der Waals surface area contributed by atoms with Crippen LogP contribution in [0.2, 0.25) is 0 Å². The summed E-state index contributed by atoms with van der Waals surface area (Å²) in [6.45, 7) is 4.37. The minimum atomic E-state index is -0.0650. The van der Waals surface area contributed by atoms with Gasteiger partial charge in [0, 0.05) is 19.7 Å². The van der Waals surface area contributed by atoms with E-state index < -0.39 is 0 Å². The van der Waals surface area contributed by atoms with Gasteiger partial charge in [-0.2, -0.15) is 0 Å². The van der Waals surface area contributed by atoms with Gasteiger partial charge in [0.1, 0.15) is 0 Å². The second-order valence-electron chi connectivity index (χ2n) is 3.61. The first-order chi connectivity index (χ1) is 6.83. The number of amides is 2. The normalized spacial score (nSPS) is 20.8. The van der Waals surface area contributed by atoms with E-state index in [-0.39, 0.29) is 6.03 Å². The van der Waals surface area contributed by atoms with Gasteiger partial charge < -0.3 is 15.4 Å². The van der Waals surface area contributed by atoms with E-state index in [0.29, 0.717) is 12.6 Å². The van der Waals surface area contributed by atoms with E-state index in [9.17, 15) is 4.79 Å². The smallest absolute Gasteiger partial charge is 0.314 e. The first kappa shape index (κ1) is 11.3. The predicted octanol–water partition coefficient (Wildman–Crippen LogP) is 1.26. The van der Waals surface area contributed by atoms with Gasteiger partial charge >= 0.3 is 6.03 Å². The quantitative estimate of drug-likeness (QED) is 0.702. The molecule has 1 rings (SSSR count). The van der Waals surface area contributed by atoms with Crippen LogP contribution in [-0.2, 0) is 4.74 Å². The summed E-state index contributed by atoms with van der Waals surface area (Å²) >= 11 is 0. The van der Waals surface area contributed by atoms with Crippen LogP contribution in [0.4, 0.5) is 4.79 Å². The molecule has 0 saturated carbocycles. The molecule has 0 aromatic heterocycles. The number of urea groups is 1. The molecular formula is C10H20N2O2. The molecule has 1 fully saturated rings. The topological polar surface area (TPSA) is 50.4 Å². The molecule has 1 unspecified atom stereocenters. The number of ether oxygens (including phenoxy) is 1. The Kier molecular flexibility index (Phi) is 5.37. The molecule has 0 radical (unpaired) electrons. The lowest BCUT2D eigenvalue weighted by atomic mass is 10.2. The third kappa shape index (κ3) is 4.46. The van der Waals surface area contributed by atoms with Crippen molar-refractivity contribution in [3.05, 3.63) is 0 Å². The van der Waals surface area contributed by atoms with E-state index in [4.69, 9.17) is 4.74 Å². The van der Waals surface area contributed by atoms with Crippen molar-refractivity contribution >= 4 is 6.03 Å². The van der Waals surface area contributed by atoms with Gasteiger partial charge in [0.05, 0.1) is 6.10 Å². The van der Waals surface area contributed by atoms with Crippen LogP contribution in [0.5, 0.6) is 0 Å². The Bertz CT molecular complexity index is 168. The molecule has 4 heteroatoms. The Balaban J connectivity index is 1.94. The molecule has 2 amide bonds. The number of nitrogens with one attached hydrogen (secondary N) is 2. The molecule has 0 bridgehead atoms. The van der Waals surface area contributed by atoms with Crippen molar-refractivity contribution in [3.63, 3.8) is 0 Å². The largest absolute Gasteiger partial charge is 0.378 e. The lowest BCUT2D eigenvalue weighted by Crippen LogP contribution is -2.37. The molecule has 0 aliphatic carbocycles. The average Bonchev–Trinajstić information content (AvgIpc) is 2.67. The molecule has 1 heterocycles. The van der Waals surface area contributed by atoms with Crippen LogP contribution in [-0.4, -0.2) is 31.8 Å². The highest BCUT2D eigenvalue weighted by Gasteiger charge is 2.14. The fourth-order valence-corrected chi connectivity index (χ4v) is 1.52. The summed E-state index contributed by atoms with van der Waals surface area (Å²) < 4.78 is 5.44. The average molecular weight is 200 g/mol. The van der Waals surface area contributed by atoms with Crippen molar-refractivity contribution in [3.8, 4) is 0 Å². The Morgan fingerprint density at radius 2 is 2.21 bits per heavy atom. The first-order valence-electron chi connectivity index (χ1n) is 5.46. The summed E-state index contributed by atoms with van der Waals surface area (Å²) in [5.41, 5.74) is 0. The van der Waals surface area contributed by atoms with Gasteiger partial charge in [-0.05, 0) is 25.7 Å². The number of carbonyl (C=O) groups is 1. The number of hydrogen-bond donors (Lipinski definition) is 2. The molecule has 1 saturated heterocycles. The highest BCUT2D eigenvalue weighted by Crippen LogP contribution is 2.14. The molecule has 14 heavy (non-hydrogen) atoms. The summed E-state index contributed by atoms with van der Waals surface area (Å²) in [6, 6.07) is -0.0650. The van der Waals surface area contributed by atoms with Gasteiger partial charge in [0.2, 0.25) is 0 Å². The van der Waals surface area contributed by atoms with Gasteiger partial charge in [-0.25, -0.2) is 4.79 Å². The second-order valence-corrected chi connectivity index (χ2v) is 3.61. The standard InChI is InChI=1S/C10H20N2O2/c1-2-6-11-10(13)12-7-5-9-4-3-8-14-9/h9H,2-8H2,1H3,(H2,11,12,13). The minimum Gasteiger partial charge on any atom is -0.378 e. The zero-order chi connectivity index (χ0) is 10.2. The highest BCUT2D eigenvalue weighted by molar-refractivity contribution is 5.73. The van der Waals surface area contributed by atoms with Crippen molar-refractivity contribution in [2.45, 2.75) is 38.7 Å². The third-order valence-electron chi connectivity index (χ3n) is 2.31. The molecule has 82 valence electrons. The summed E-state index contributed by atoms with van der Waals surface area (Å²) in [4.78, 5) is 11.1. The highest BCUT2D eigenvalue weighted by atomic mass is 16.5. The number of carbonyl (C=O) groups excluding carboxylic acids is 1. The van der Waals surface area contributed by atoms with Crippen molar-refractivity contribution < 1.29 is 9.53 Å². The van der Waals surface area contributed by atoms with Gasteiger partial charge in [0.25, 0.3) is 0 Å². The van der Waals surface area contributed by atoms with Gasteiger partial charge in [0.15, 0.2) is 0 Å². The molecule has 2 N–H and O–H groups in total. The van der Waals surface area contributed by atoms with Crippen LogP contribution in [0.1, 0.15) is 32.6 Å². The fourth-order valence-electron chi connectivity index (χ4n) is 1.52. The van der Waals surface area contributed by atoms with E-state index in [0.717, 1.165) is 38.8 Å². The summed E-state index contributed by atoms with van der Waals surface area (Å²) in [6.07, 6.45) is 4.56. The Morgan fingerprint density at radius 3 is 2.86 bits per heavy atom. The van der Waals surface area contributed by atoms with Crippen LogP contribution in [0.15, 0.2) is 0 Å². The maximum Gasteiger partial charge on any atom is 0.314 e. The monoisotopic (exact) mass is 200 g/mol. The first-order valence-corrected chi connectivity index (χ1v) is 5.46. The van der Waals surface area contributed by atoms with E-state index >= 15 is 0 Å². The minimum absolute atomic E-state index is 0.0650. The Morgan fingerprint density at radius 1 is 1.43 bits per heavy atom. The second kappa shape index (κ2) is 6.65. The number of hydrogen-bond acceptors (Lipinski definition) is 2. The molecule has 4 nitrogen and oxygen atoms in total. The Hall–Kier alpha value is -0.770. The van der Waals surface area contributed by atoms with Crippen LogP contribution in [0.25, 0.3) is 0 Å². The van der Waals surface area contributed by atoms with Gasteiger partial charge in [-0.1, -0.05) is 6.92 Å². The summed E-state index contributed by atoms with van der Waals surface area (Å²) in [5, 5.41) is 5.58. The van der Waals surface area contributed by atoms with Gasteiger partial charge in [-0.3, -0.25) is 0 Å². The third-order valence-corrected chi connectivity index (χ3v) is 2.31. The molecule has 1 aliphatic rings. The van der Waals surface area contributed by atoms with Crippen LogP contribution in [0, 0.1) is 0 Å². The van der Waals surface area contributed by atoms with Crippen molar-refractivity contribution in [1.29, 1.82) is 0 Å². The van der Waals surface area contributed by atoms with Crippen molar-refractivity contribution in [1.82, 2.24) is 10.6 Å². The van der Waals surface area contributed by atoms with Crippen molar-refractivity contribution in [2.24, 2.45) is 0 Å². The van der Waals surface area contributed by atoms with Crippen molar-refractivity contribution in [2.75, 3.05) is 19.7 Å². The molecule has 1 aliphatic heterocycles. The van der Waals surface area contributed by atoms with E-state index in [1.165, 1.54) is 0 Å². The molecule has 0 spiro atoms. The predicted molar refractivity (Wildman–Crippen MR) is 55.3 cm³/mol. The van der Waals surface area contributed by atoms with E-state index in [1.807, 2.05) is 6.92 Å². The van der Waals surface area contributed by atoms with Crippen LogP contribution in [0.3, 0.4) is 0 Å². The Labute approximate surface area is 85.4 Å². The molecule has 1 atom stereocenters. The summed E-state index contributed by atoms with van der Waals surface area (Å²) in [5.74, 6) is 0. The van der Waals surface area contributed by atoms with E-state index in [1.54, 1.807) is 0 Å². The molecule has 0 aromatic carbocycles. The molecule has 0 aromatic rings. The maximum absolute atomic E-state index is 11.1. The van der Waals surface area contributed by atoms with Crippen LogP contribution < -0.4 is 10.6 Å². The maximum atomic E-state index is 11.1. The zero-order valence-corrected chi connectivity index (χ0v) is 8.84. The van der Waals surface area contributed by atoms with E-state index in [2.05, 4.69) is 10.6 Å². The lowest BCUT2D eigenvalue weighted by molar-refractivity contribution is 0.104. The number of rotatable bonds is 5. The summed E-state index contributed by atoms with van der Waals surface area (Å²) in [7, 11) is 0. The van der Waals surface area contributed by atoms with Gasteiger partial charge in [-0.15, -0.1) is 0 Å². The zero-order valence-electron chi connectivity index (χ0n) is 8.84. The van der Waals surface area contributed by atoms with Crippen LogP contribution >= 0.6 is 0 Å². The molecular weight excluding hydrogens is 180 g/mol. The lowest BCUT2D eigenvalue weighted by Gasteiger charge is -2.10. The fraction of sp³-hybridized carbons (Fsp3) is 0.900.